The lowest BCUT2D eigenvalue weighted by molar-refractivity contribution is -0.131. The molecule has 0 fully saturated rings. The molecule has 1 unspecified atom stereocenters. The molecular weight excluding hydrogens is 974 g/mol. The number of benzene rings is 2. The van der Waals surface area contributed by atoms with E-state index in [1.807, 2.05) is 60.0 Å². The monoisotopic (exact) mass is 1050 g/mol. The molecule has 2 aromatic heterocycles. The van der Waals surface area contributed by atoms with Gasteiger partial charge in [0.2, 0.25) is 11.8 Å². The molecule has 14 nitrogen and oxygen atoms in total. The number of thiophene rings is 1. The summed E-state index contributed by atoms with van der Waals surface area (Å²) in [4.78, 5) is 35.3. The lowest BCUT2D eigenvalue weighted by Crippen LogP contribution is -2.34. The van der Waals surface area contributed by atoms with E-state index in [1.54, 1.807) is 16.2 Å². The fourth-order valence-corrected chi connectivity index (χ4v) is 9.76. The fourth-order valence-electron chi connectivity index (χ4n) is 8.42. The van der Waals surface area contributed by atoms with E-state index in [0.29, 0.717) is 102 Å². The first-order valence-electron chi connectivity index (χ1n) is 26.8. The third-order valence-electron chi connectivity index (χ3n) is 12.6. The standard InChI is InChI=1S/C58H80ClN7O7S/c1-5-6-7-8-9-10-11-12-13-14-15-16-19-22-54(68)65(33-35-70-37-39-72-41-43-73-42-40-71-38-36-69-34-31-60)32-20-17-18-21-48-23-29-51(30-24-48)61-53(67)44-52-57-64-63-47(4)66(57)58-55(45(2)46(3)74-58)56(62-52)49-25-27-50(59)28-26-49/h23-30,52H,5-16,19,22,31-44,60H2,1-4H3,(H,61,67). The van der Waals surface area contributed by atoms with Crippen LogP contribution in [0.3, 0.4) is 0 Å². The number of carbonyl (C=O) groups is 2. The molecule has 0 radical (unpaired) electrons. The lowest BCUT2D eigenvalue weighted by atomic mass is 9.99. The summed E-state index contributed by atoms with van der Waals surface area (Å²) in [5.74, 6) is 13.3. The van der Waals surface area contributed by atoms with Gasteiger partial charge >= 0.3 is 0 Å². The highest BCUT2D eigenvalue weighted by molar-refractivity contribution is 7.15. The Bertz CT molecular complexity index is 2430. The number of amides is 2. The van der Waals surface area contributed by atoms with Crippen LogP contribution in [0, 0.1) is 44.5 Å². The Labute approximate surface area is 449 Å². The van der Waals surface area contributed by atoms with Gasteiger partial charge in [-0.1, -0.05) is 120 Å². The maximum absolute atomic E-state index is 13.7. The molecule has 1 atom stereocenters. The molecule has 3 N–H and O–H groups in total. The smallest absolute Gasteiger partial charge is 0.227 e. The van der Waals surface area contributed by atoms with Gasteiger partial charge in [-0.2, -0.15) is 0 Å². The zero-order valence-electron chi connectivity index (χ0n) is 44.5. The molecule has 2 aromatic carbocycles. The van der Waals surface area contributed by atoms with Gasteiger partial charge in [0.1, 0.15) is 16.9 Å². The highest BCUT2D eigenvalue weighted by atomic mass is 35.5. The number of nitrogens with one attached hydrogen (secondary N) is 1. The third kappa shape index (κ3) is 21.4. The molecule has 3 heterocycles. The molecule has 0 saturated heterocycles. The quantitative estimate of drug-likeness (QED) is 0.0331. The third-order valence-corrected chi connectivity index (χ3v) is 14.1. The summed E-state index contributed by atoms with van der Waals surface area (Å²) >= 11 is 7.95. The summed E-state index contributed by atoms with van der Waals surface area (Å²) in [6.07, 6.45) is 16.9. The Balaban J connectivity index is 1.08. The maximum Gasteiger partial charge on any atom is 0.227 e. The minimum absolute atomic E-state index is 0.0558. The number of nitrogens with zero attached hydrogens (tertiary/aromatic N) is 5. The van der Waals surface area contributed by atoms with Gasteiger partial charge < -0.3 is 39.6 Å². The number of aliphatic imine (C=N–C) groups is 1. The van der Waals surface area contributed by atoms with Crippen molar-refractivity contribution in [3.63, 3.8) is 0 Å². The second-order valence-electron chi connectivity index (χ2n) is 18.4. The van der Waals surface area contributed by atoms with E-state index >= 15 is 0 Å². The molecule has 0 saturated carbocycles. The molecule has 0 bridgehead atoms. The molecular formula is C58H80ClN7O7S. The van der Waals surface area contributed by atoms with E-state index in [-0.39, 0.29) is 24.8 Å². The van der Waals surface area contributed by atoms with Crippen molar-refractivity contribution < 1.29 is 33.3 Å². The van der Waals surface area contributed by atoms with Crippen molar-refractivity contribution in [1.29, 1.82) is 0 Å². The number of fused-ring (bicyclic) bond motifs is 3. The highest BCUT2D eigenvalue weighted by Crippen LogP contribution is 2.39. The number of nitrogens with two attached hydrogens (primary N) is 1. The van der Waals surface area contributed by atoms with E-state index in [2.05, 4.69) is 60.0 Å². The molecule has 4 aromatic rings. The van der Waals surface area contributed by atoms with Crippen LogP contribution in [0.25, 0.3) is 5.00 Å². The van der Waals surface area contributed by atoms with Gasteiger partial charge in [-0.25, -0.2) is 0 Å². The number of hydrogen-bond acceptors (Lipinski definition) is 12. The Hall–Kier alpha value is -4.94. The minimum Gasteiger partial charge on any atom is -0.378 e. The molecule has 16 heteroatoms. The predicted octanol–water partition coefficient (Wildman–Crippen LogP) is 10.5. The molecule has 2 amide bonds. The summed E-state index contributed by atoms with van der Waals surface area (Å²) in [6, 6.07) is 14.4. The van der Waals surface area contributed by atoms with E-state index in [0.717, 1.165) is 58.1 Å². The summed E-state index contributed by atoms with van der Waals surface area (Å²) in [6.45, 7) is 14.3. The van der Waals surface area contributed by atoms with Crippen molar-refractivity contribution in [3.8, 4) is 28.7 Å². The lowest BCUT2D eigenvalue weighted by Gasteiger charge is -2.20. The first kappa shape index (κ1) is 59.9. The molecule has 0 spiro atoms. The zero-order chi connectivity index (χ0) is 52.6. The topological polar surface area (TPSA) is 165 Å². The van der Waals surface area contributed by atoms with Crippen molar-refractivity contribution in [3.05, 3.63) is 92.3 Å². The van der Waals surface area contributed by atoms with Gasteiger partial charge in [-0.3, -0.25) is 19.1 Å². The summed E-state index contributed by atoms with van der Waals surface area (Å²) in [5.41, 5.74) is 10.6. The zero-order valence-corrected chi connectivity index (χ0v) is 46.0. The van der Waals surface area contributed by atoms with Crippen LogP contribution in [0.2, 0.25) is 5.02 Å². The Morgan fingerprint density at radius 1 is 0.730 bits per heavy atom. The largest absolute Gasteiger partial charge is 0.378 e. The van der Waals surface area contributed by atoms with Gasteiger partial charge in [0.05, 0.1) is 84.7 Å². The normalized spacial score (nSPS) is 12.7. The van der Waals surface area contributed by atoms with E-state index < -0.39 is 6.04 Å². The van der Waals surface area contributed by atoms with Crippen molar-refractivity contribution in [2.75, 3.05) is 91.0 Å². The SMILES string of the molecule is CCCCCCCCCCCCCCCC(=O)N(CC#CC#Cc1ccc(NC(=O)CC2N=C(c3ccc(Cl)cc3)c3c(sc(C)c3C)-n3c(C)nnc32)cc1)CCOCCOCCOCCOCCOCCN. The van der Waals surface area contributed by atoms with Crippen LogP contribution >= 0.6 is 22.9 Å². The Kier molecular flexibility index (Phi) is 28.6. The predicted molar refractivity (Wildman–Crippen MR) is 298 cm³/mol. The first-order valence-corrected chi connectivity index (χ1v) is 28.0. The van der Waals surface area contributed by atoms with Crippen LogP contribution < -0.4 is 11.1 Å². The second-order valence-corrected chi connectivity index (χ2v) is 20.1. The van der Waals surface area contributed by atoms with Crippen molar-refractivity contribution in [1.82, 2.24) is 19.7 Å². The molecule has 402 valence electrons. The van der Waals surface area contributed by atoms with Crippen molar-refractivity contribution in [2.24, 2.45) is 10.7 Å². The molecule has 74 heavy (non-hydrogen) atoms. The molecule has 5 rings (SSSR count). The summed E-state index contributed by atoms with van der Waals surface area (Å²) < 4.78 is 29.8. The van der Waals surface area contributed by atoms with Crippen LogP contribution in [0.15, 0.2) is 53.5 Å². The average Bonchev–Trinajstić information content (AvgIpc) is 3.88. The van der Waals surface area contributed by atoms with Gasteiger partial charge in [0, 0.05) is 51.8 Å². The van der Waals surface area contributed by atoms with Gasteiger partial charge in [0.15, 0.2) is 5.82 Å². The highest BCUT2D eigenvalue weighted by Gasteiger charge is 2.32. The average molecular weight is 1050 g/mol. The van der Waals surface area contributed by atoms with Crippen LogP contribution in [0.1, 0.15) is 148 Å². The number of aryl methyl sites for hydroxylation is 2. The minimum atomic E-state index is -0.588. The number of unbranched alkanes of at least 4 members (excludes halogenated alkanes) is 12. The van der Waals surface area contributed by atoms with Crippen LogP contribution in [0.5, 0.6) is 0 Å². The van der Waals surface area contributed by atoms with E-state index in [9.17, 15) is 9.59 Å². The van der Waals surface area contributed by atoms with Gasteiger partial charge in [-0.05, 0) is 81.0 Å². The van der Waals surface area contributed by atoms with E-state index in [1.165, 1.54) is 69.1 Å². The van der Waals surface area contributed by atoms with Crippen LogP contribution in [-0.2, 0) is 33.3 Å². The number of halogens is 1. The molecule has 0 aliphatic carbocycles. The molecule has 1 aliphatic rings. The van der Waals surface area contributed by atoms with Crippen LogP contribution in [-0.4, -0.2) is 123 Å². The van der Waals surface area contributed by atoms with Crippen molar-refractivity contribution >= 4 is 46.2 Å². The summed E-state index contributed by atoms with van der Waals surface area (Å²) in [7, 11) is 0. The maximum atomic E-state index is 13.7. The van der Waals surface area contributed by atoms with Crippen molar-refractivity contribution in [2.45, 2.75) is 130 Å². The Morgan fingerprint density at radius 3 is 1.89 bits per heavy atom. The van der Waals surface area contributed by atoms with Gasteiger partial charge in [-0.15, -0.1) is 21.5 Å². The number of aromatic nitrogens is 3. The fraction of sp³-hybridized carbons (Fsp3) is 0.569. The van der Waals surface area contributed by atoms with Gasteiger partial charge in [0.25, 0.3) is 0 Å². The number of ether oxygens (including phenoxy) is 5. The first-order chi connectivity index (χ1) is 36.2. The molecule has 1 aliphatic heterocycles. The van der Waals surface area contributed by atoms with Crippen LogP contribution in [0.4, 0.5) is 5.69 Å². The summed E-state index contributed by atoms with van der Waals surface area (Å²) in [5, 5.41) is 13.6. The number of anilines is 1. The Morgan fingerprint density at radius 2 is 1.30 bits per heavy atom. The second kappa shape index (κ2) is 35.3. The van der Waals surface area contributed by atoms with E-state index in [4.69, 9.17) is 46.0 Å². The number of hydrogen-bond donors (Lipinski definition) is 2. The number of carbonyl (C=O) groups excluding carboxylic acids is 2. The number of rotatable bonds is 36.